The first-order chi connectivity index (χ1) is 15.6. The molecule has 1 aliphatic heterocycles. The Morgan fingerprint density at radius 2 is 1.91 bits per heavy atom. The number of aromatic nitrogens is 1. The van der Waals surface area contributed by atoms with Crippen molar-refractivity contribution in [2.24, 2.45) is 4.99 Å². The molecule has 0 bridgehead atoms. The summed E-state index contributed by atoms with van der Waals surface area (Å²) in [4.78, 5) is 14.3. The van der Waals surface area contributed by atoms with Gasteiger partial charge in [-0.3, -0.25) is 0 Å². The number of benzene rings is 1. The van der Waals surface area contributed by atoms with Crippen LogP contribution in [0.3, 0.4) is 0 Å². The monoisotopic (exact) mass is 438 g/mol. The number of nitrogens with one attached hydrogen (secondary N) is 2. The molecule has 2 N–H and O–H groups in total. The summed E-state index contributed by atoms with van der Waals surface area (Å²) >= 11 is 0. The molecule has 0 unspecified atom stereocenters. The second-order valence-electron chi connectivity index (χ2n) is 8.79. The van der Waals surface area contributed by atoms with Crippen LogP contribution in [0.25, 0.3) is 0 Å². The molecule has 6 nitrogen and oxygen atoms in total. The molecule has 2 fully saturated rings. The molecule has 1 aromatic heterocycles. The van der Waals surface area contributed by atoms with Crippen LogP contribution < -0.4 is 15.5 Å². The Hall–Kier alpha value is -2.67. The van der Waals surface area contributed by atoms with Crippen LogP contribution in [0.1, 0.15) is 37.8 Å². The topological polar surface area (TPSA) is 55.8 Å². The molecule has 1 saturated heterocycles. The normalized spacial score (nSPS) is 18.5. The van der Waals surface area contributed by atoms with E-state index < -0.39 is 0 Å². The Balaban J connectivity index is 1.33. The highest BCUT2D eigenvalue weighted by Crippen LogP contribution is 2.47. The number of anilines is 1. The minimum absolute atomic E-state index is 0.0172. The van der Waals surface area contributed by atoms with E-state index in [1.807, 2.05) is 12.3 Å². The van der Waals surface area contributed by atoms with Gasteiger partial charge in [-0.15, -0.1) is 0 Å². The lowest BCUT2D eigenvalue weighted by atomic mass is 9.96. The minimum Gasteiger partial charge on any atom is -0.357 e. The molecule has 0 radical (unpaired) electrons. The third-order valence-electron chi connectivity index (χ3n) is 6.60. The Labute approximate surface area is 190 Å². The number of rotatable bonds is 8. The van der Waals surface area contributed by atoms with Crippen molar-refractivity contribution in [2.75, 3.05) is 50.7 Å². The quantitative estimate of drug-likeness (QED) is 0.490. The average Bonchev–Trinajstić information content (AvgIpc) is 3.63. The molecule has 0 spiro atoms. The molecule has 2 aliphatic rings. The molecular formula is C25H35FN6. The molecule has 0 amide bonds. The summed E-state index contributed by atoms with van der Waals surface area (Å²) in [5, 5.41) is 6.79. The molecule has 2 aromatic rings. The number of aliphatic imine (C=N–C) groups is 1. The molecule has 0 atom stereocenters. The number of hydrogen-bond donors (Lipinski definition) is 2. The van der Waals surface area contributed by atoms with Gasteiger partial charge >= 0.3 is 0 Å². The molecule has 172 valence electrons. The maximum absolute atomic E-state index is 13.7. The number of pyridine rings is 1. The van der Waals surface area contributed by atoms with Crippen LogP contribution in [0.5, 0.6) is 0 Å². The standard InChI is InChI=1S/C25H35FN6/c1-3-27-24(30-19-25(10-11-25)21-6-5-7-22(26)16-21)29-18-20-8-9-23(28-17-20)32-14-12-31(4-2)13-15-32/h5-9,16-17H,3-4,10-15,18-19H2,1-2H3,(H2,27,29,30). The van der Waals surface area contributed by atoms with Gasteiger partial charge in [0.15, 0.2) is 5.96 Å². The summed E-state index contributed by atoms with van der Waals surface area (Å²) in [5.41, 5.74) is 2.17. The molecule has 32 heavy (non-hydrogen) atoms. The van der Waals surface area contributed by atoms with E-state index in [4.69, 9.17) is 4.99 Å². The van der Waals surface area contributed by atoms with Crippen LogP contribution in [-0.4, -0.2) is 61.7 Å². The number of nitrogens with zero attached hydrogens (tertiary/aromatic N) is 4. The maximum Gasteiger partial charge on any atom is 0.191 e. The zero-order chi connectivity index (χ0) is 22.4. The zero-order valence-electron chi connectivity index (χ0n) is 19.3. The van der Waals surface area contributed by atoms with Crippen LogP contribution >= 0.6 is 0 Å². The first kappa shape index (κ1) is 22.5. The lowest BCUT2D eigenvalue weighted by Gasteiger charge is -2.34. The van der Waals surface area contributed by atoms with Crippen LogP contribution in [0.4, 0.5) is 10.2 Å². The fraction of sp³-hybridized carbons (Fsp3) is 0.520. The molecule has 1 saturated carbocycles. The highest BCUT2D eigenvalue weighted by Gasteiger charge is 2.44. The number of hydrogen-bond acceptors (Lipinski definition) is 4. The number of piperazine rings is 1. The van der Waals surface area contributed by atoms with Crippen LogP contribution in [-0.2, 0) is 12.0 Å². The predicted octanol–water partition coefficient (Wildman–Crippen LogP) is 3.15. The van der Waals surface area contributed by atoms with Crippen molar-refractivity contribution in [2.45, 2.75) is 38.6 Å². The average molecular weight is 439 g/mol. The summed E-state index contributed by atoms with van der Waals surface area (Å²) in [5.74, 6) is 1.66. The SMILES string of the molecule is CCNC(=NCc1ccc(N2CCN(CC)CC2)nc1)NCC1(c2cccc(F)c2)CC1. The van der Waals surface area contributed by atoms with Gasteiger partial charge in [0, 0.05) is 50.9 Å². The molecule has 7 heteroatoms. The van der Waals surface area contributed by atoms with E-state index in [2.05, 4.69) is 51.4 Å². The van der Waals surface area contributed by atoms with E-state index in [1.165, 1.54) is 6.07 Å². The summed E-state index contributed by atoms with van der Waals surface area (Å²) < 4.78 is 13.7. The van der Waals surface area contributed by atoms with Crippen molar-refractivity contribution in [1.82, 2.24) is 20.5 Å². The van der Waals surface area contributed by atoms with Crippen LogP contribution in [0.2, 0.25) is 0 Å². The highest BCUT2D eigenvalue weighted by molar-refractivity contribution is 5.80. The molecule has 4 rings (SSSR count). The van der Waals surface area contributed by atoms with Crippen molar-refractivity contribution in [3.05, 3.63) is 59.5 Å². The lowest BCUT2D eigenvalue weighted by molar-refractivity contribution is 0.270. The van der Waals surface area contributed by atoms with E-state index >= 15 is 0 Å². The lowest BCUT2D eigenvalue weighted by Crippen LogP contribution is -2.46. The third-order valence-corrected chi connectivity index (χ3v) is 6.60. The summed E-state index contributed by atoms with van der Waals surface area (Å²) in [6.45, 7) is 11.8. The fourth-order valence-electron chi connectivity index (χ4n) is 4.29. The van der Waals surface area contributed by atoms with Crippen molar-refractivity contribution < 1.29 is 4.39 Å². The van der Waals surface area contributed by atoms with Gasteiger partial charge in [-0.2, -0.15) is 0 Å². The summed E-state index contributed by atoms with van der Waals surface area (Å²) in [6.07, 6.45) is 4.07. The van der Waals surface area contributed by atoms with Gasteiger partial charge in [0.1, 0.15) is 11.6 Å². The van der Waals surface area contributed by atoms with Gasteiger partial charge in [0.05, 0.1) is 6.54 Å². The molecular weight excluding hydrogens is 403 g/mol. The van der Waals surface area contributed by atoms with E-state index in [1.54, 1.807) is 12.1 Å². The Kier molecular flexibility index (Phi) is 7.25. The molecule has 1 aliphatic carbocycles. The smallest absolute Gasteiger partial charge is 0.191 e. The van der Waals surface area contributed by atoms with Gasteiger partial charge in [0.2, 0.25) is 0 Å². The second-order valence-corrected chi connectivity index (χ2v) is 8.79. The molecule has 1 aromatic carbocycles. The number of likely N-dealkylation sites (N-methyl/N-ethyl adjacent to an activating group) is 1. The van der Waals surface area contributed by atoms with E-state index in [0.29, 0.717) is 6.54 Å². The number of halogens is 1. The van der Waals surface area contributed by atoms with Gasteiger partial charge in [-0.25, -0.2) is 14.4 Å². The van der Waals surface area contributed by atoms with Crippen LogP contribution in [0.15, 0.2) is 47.6 Å². The zero-order valence-corrected chi connectivity index (χ0v) is 19.3. The van der Waals surface area contributed by atoms with E-state index in [-0.39, 0.29) is 11.2 Å². The van der Waals surface area contributed by atoms with Crippen molar-refractivity contribution in [3.8, 4) is 0 Å². The van der Waals surface area contributed by atoms with Gasteiger partial charge in [-0.05, 0) is 55.6 Å². The fourth-order valence-corrected chi connectivity index (χ4v) is 4.29. The largest absolute Gasteiger partial charge is 0.357 e. The Bertz CT molecular complexity index is 901. The second kappa shape index (κ2) is 10.3. The Morgan fingerprint density at radius 3 is 2.53 bits per heavy atom. The van der Waals surface area contributed by atoms with Gasteiger partial charge in [0.25, 0.3) is 0 Å². The minimum atomic E-state index is -0.169. The van der Waals surface area contributed by atoms with E-state index in [9.17, 15) is 4.39 Å². The van der Waals surface area contributed by atoms with Crippen molar-refractivity contribution >= 4 is 11.8 Å². The van der Waals surface area contributed by atoms with E-state index in [0.717, 1.165) is 81.6 Å². The first-order valence-electron chi connectivity index (χ1n) is 11.8. The molecule has 2 heterocycles. The van der Waals surface area contributed by atoms with Crippen molar-refractivity contribution in [3.63, 3.8) is 0 Å². The number of guanidine groups is 1. The predicted molar refractivity (Wildman–Crippen MR) is 129 cm³/mol. The van der Waals surface area contributed by atoms with Crippen molar-refractivity contribution in [1.29, 1.82) is 0 Å². The van der Waals surface area contributed by atoms with Gasteiger partial charge < -0.3 is 20.4 Å². The van der Waals surface area contributed by atoms with Crippen LogP contribution in [0, 0.1) is 5.82 Å². The first-order valence-corrected chi connectivity index (χ1v) is 11.8. The highest BCUT2D eigenvalue weighted by atomic mass is 19.1. The summed E-state index contributed by atoms with van der Waals surface area (Å²) in [6, 6.07) is 11.2. The van der Waals surface area contributed by atoms with Gasteiger partial charge in [-0.1, -0.05) is 25.1 Å². The summed E-state index contributed by atoms with van der Waals surface area (Å²) in [7, 11) is 0. The third kappa shape index (κ3) is 5.57. The Morgan fingerprint density at radius 1 is 1.09 bits per heavy atom. The maximum atomic E-state index is 13.7.